The standard InChI is InChI=1S/C13H16FNO2S/c1-13(6-3-7-18-13)8-15-12(17)11-9(14)4-2-5-10(11)16/h2,4-5,16H,3,6-8H2,1H3,(H,15,17). The third-order valence-electron chi connectivity index (χ3n) is 3.14. The average Bonchev–Trinajstić information content (AvgIpc) is 2.74. The molecule has 0 radical (unpaired) electrons. The molecule has 2 rings (SSSR count). The van der Waals surface area contributed by atoms with E-state index < -0.39 is 11.7 Å². The van der Waals surface area contributed by atoms with Gasteiger partial charge in [-0.3, -0.25) is 4.79 Å². The van der Waals surface area contributed by atoms with Crippen molar-refractivity contribution >= 4 is 17.7 Å². The molecule has 0 saturated carbocycles. The SMILES string of the molecule is CC1(CNC(=O)c2c(O)cccc2F)CCCS1. The van der Waals surface area contributed by atoms with E-state index in [1.54, 1.807) is 0 Å². The highest BCUT2D eigenvalue weighted by atomic mass is 32.2. The Morgan fingerprint density at radius 1 is 1.61 bits per heavy atom. The van der Waals surface area contributed by atoms with E-state index in [1.165, 1.54) is 18.2 Å². The number of hydrogen-bond donors (Lipinski definition) is 2. The topological polar surface area (TPSA) is 49.3 Å². The normalized spacial score (nSPS) is 23.0. The van der Waals surface area contributed by atoms with E-state index in [-0.39, 0.29) is 16.1 Å². The first-order valence-electron chi connectivity index (χ1n) is 5.91. The molecule has 0 spiro atoms. The van der Waals surface area contributed by atoms with Gasteiger partial charge in [0.15, 0.2) is 0 Å². The second-order valence-electron chi connectivity index (χ2n) is 4.72. The maximum absolute atomic E-state index is 13.5. The molecule has 1 atom stereocenters. The fourth-order valence-electron chi connectivity index (χ4n) is 2.07. The van der Waals surface area contributed by atoms with Gasteiger partial charge in [0.05, 0.1) is 0 Å². The summed E-state index contributed by atoms with van der Waals surface area (Å²) < 4.78 is 13.5. The summed E-state index contributed by atoms with van der Waals surface area (Å²) in [5.41, 5.74) is -0.274. The van der Waals surface area contributed by atoms with Gasteiger partial charge >= 0.3 is 0 Å². The largest absolute Gasteiger partial charge is 0.507 e. The molecule has 1 fully saturated rings. The molecule has 1 saturated heterocycles. The molecule has 98 valence electrons. The molecule has 0 bridgehead atoms. The molecule has 1 aromatic rings. The van der Waals surface area contributed by atoms with Crippen LogP contribution in [0.3, 0.4) is 0 Å². The maximum Gasteiger partial charge on any atom is 0.258 e. The average molecular weight is 269 g/mol. The summed E-state index contributed by atoms with van der Waals surface area (Å²) in [4.78, 5) is 11.9. The number of carbonyl (C=O) groups excluding carboxylic acids is 1. The molecule has 3 nitrogen and oxygen atoms in total. The van der Waals surface area contributed by atoms with Crippen molar-refractivity contribution in [3.63, 3.8) is 0 Å². The van der Waals surface area contributed by atoms with Gasteiger partial charge in [0.2, 0.25) is 0 Å². The van der Waals surface area contributed by atoms with Crippen LogP contribution < -0.4 is 5.32 Å². The van der Waals surface area contributed by atoms with Crippen LogP contribution in [0.1, 0.15) is 30.1 Å². The van der Waals surface area contributed by atoms with Crippen molar-refractivity contribution in [3.05, 3.63) is 29.6 Å². The number of nitrogens with one attached hydrogen (secondary N) is 1. The minimum absolute atomic E-state index is 0.0243. The highest BCUT2D eigenvalue weighted by Gasteiger charge is 2.30. The third kappa shape index (κ3) is 2.77. The van der Waals surface area contributed by atoms with Crippen LogP contribution in [0.5, 0.6) is 5.75 Å². The molecule has 1 heterocycles. The van der Waals surface area contributed by atoms with Gasteiger partial charge in [-0.25, -0.2) is 4.39 Å². The zero-order valence-corrected chi connectivity index (χ0v) is 11.0. The molecule has 1 amide bonds. The summed E-state index contributed by atoms with van der Waals surface area (Å²) >= 11 is 1.82. The maximum atomic E-state index is 13.5. The molecule has 1 aromatic carbocycles. The van der Waals surface area contributed by atoms with E-state index in [1.807, 2.05) is 11.8 Å². The van der Waals surface area contributed by atoms with Crippen molar-refractivity contribution in [1.82, 2.24) is 5.32 Å². The molecule has 1 aliphatic heterocycles. The van der Waals surface area contributed by atoms with Gasteiger partial charge in [-0.1, -0.05) is 6.07 Å². The highest BCUT2D eigenvalue weighted by molar-refractivity contribution is 8.00. The van der Waals surface area contributed by atoms with Crippen LogP contribution in [0.15, 0.2) is 18.2 Å². The van der Waals surface area contributed by atoms with Gasteiger partial charge in [-0.2, -0.15) is 11.8 Å². The number of benzene rings is 1. The predicted octanol–water partition coefficient (Wildman–Crippen LogP) is 2.55. The van der Waals surface area contributed by atoms with Gasteiger partial charge in [0.1, 0.15) is 17.1 Å². The number of thioether (sulfide) groups is 1. The number of aromatic hydroxyl groups is 1. The van der Waals surface area contributed by atoms with E-state index >= 15 is 0 Å². The lowest BCUT2D eigenvalue weighted by molar-refractivity contribution is 0.0943. The minimum Gasteiger partial charge on any atom is -0.507 e. The van der Waals surface area contributed by atoms with E-state index in [0.717, 1.165) is 18.6 Å². The molecular weight excluding hydrogens is 253 g/mol. The van der Waals surface area contributed by atoms with Crippen molar-refractivity contribution in [1.29, 1.82) is 0 Å². The Hall–Kier alpha value is -1.23. The summed E-state index contributed by atoms with van der Waals surface area (Å²) in [6.07, 6.45) is 2.18. The first-order chi connectivity index (χ1) is 8.52. The molecule has 18 heavy (non-hydrogen) atoms. The predicted molar refractivity (Wildman–Crippen MR) is 70.5 cm³/mol. The van der Waals surface area contributed by atoms with E-state index in [0.29, 0.717) is 6.54 Å². The second kappa shape index (κ2) is 5.18. The zero-order chi connectivity index (χ0) is 13.2. The number of phenolic OH excluding ortho intramolecular Hbond substituents is 1. The highest BCUT2D eigenvalue weighted by Crippen LogP contribution is 2.37. The van der Waals surface area contributed by atoms with E-state index in [4.69, 9.17) is 0 Å². The molecular formula is C13H16FNO2S. The second-order valence-corrected chi connectivity index (χ2v) is 6.40. The number of amides is 1. The van der Waals surface area contributed by atoms with Gasteiger partial charge in [0, 0.05) is 11.3 Å². The molecule has 0 aliphatic carbocycles. The van der Waals surface area contributed by atoms with Crippen molar-refractivity contribution in [2.75, 3.05) is 12.3 Å². The fourth-order valence-corrected chi connectivity index (χ4v) is 3.31. The Balaban J connectivity index is 2.04. The van der Waals surface area contributed by atoms with Gasteiger partial charge in [-0.15, -0.1) is 0 Å². The van der Waals surface area contributed by atoms with Crippen LogP contribution in [0, 0.1) is 5.82 Å². The number of rotatable bonds is 3. The molecule has 2 N–H and O–H groups in total. The van der Waals surface area contributed by atoms with Gasteiger partial charge < -0.3 is 10.4 Å². The Morgan fingerprint density at radius 2 is 2.39 bits per heavy atom. The van der Waals surface area contributed by atoms with E-state index in [2.05, 4.69) is 12.2 Å². The monoisotopic (exact) mass is 269 g/mol. The lowest BCUT2D eigenvalue weighted by atomic mass is 10.1. The molecule has 5 heteroatoms. The zero-order valence-electron chi connectivity index (χ0n) is 10.2. The first kappa shape index (κ1) is 13.2. The third-order valence-corrected chi connectivity index (χ3v) is 4.68. The van der Waals surface area contributed by atoms with Gasteiger partial charge in [-0.05, 0) is 37.7 Å². The lowest BCUT2D eigenvalue weighted by Gasteiger charge is -2.23. The number of phenols is 1. The Bertz CT molecular complexity index is 438. The van der Waals surface area contributed by atoms with Crippen LogP contribution in [0.2, 0.25) is 0 Å². The van der Waals surface area contributed by atoms with Crippen LogP contribution in [0.25, 0.3) is 0 Å². The molecule has 0 aromatic heterocycles. The van der Waals surface area contributed by atoms with Crippen molar-refractivity contribution < 1.29 is 14.3 Å². The van der Waals surface area contributed by atoms with Gasteiger partial charge in [0.25, 0.3) is 5.91 Å². The number of hydrogen-bond acceptors (Lipinski definition) is 3. The lowest BCUT2D eigenvalue weighted by Crippen LogP contribution is -2.37. The fraction of sp³-hybridized carbons (Fsp3) is 0.462. The summed E-state index contributed by atoms with van der Waals surface area (Å²) in [5.74, 6) is -0.482. The summed E-state index contributed by atoms with van der Waals surface area (Å²) in [7, 11) is 0. The van der Waals surface area contributed by atoms with Crippen LogP contribution >= 0.6 is 11.8 Å². The molecule has 1 unspecified atom stereocenters. The van der Waals surface area contributed by atoms with Crippen LogP contribution in [-0.2, 0) is 0 Å². The Morgan fingerprint density at radius 3 is 3.00 bits per heavy atom. The van der Waals surface area contributed by atoms with Crippen molar-refractivity contribution in [2.45, 2.75) is 24.5 Å². The Kier molecular flexibility index (Phi) is 3.80. The van der Waals surface area contributed by atoms with Crippen LogP contribution in [0.4, 0.5) is 4.39 Å². The summed E-state index contributed by atoms with van der Waals surface area (Å²) in [5, 5.41) is 12.2. The van der Waals surface area contributed by atoms with E-state index in [9.17, 15) is 14.3 Å². The smallest absolute Gasteiger partial charge is 0.258 e. The minimum atomic E-state index is -0.697. The number of carbonyl (C=O) groups is 1. The first-order valence-corrected chi connectivity index (χ1v) is 6.90. The number of halogens is 1. The van der Waals surface area contributed by atoms with Crippen LogP contribution in [-0.4, -0.2) is 28.1 Å². The Labute approximate surface area is 110 Å². The van der Waals surface area contributed by atoms with Crippen molar-refractivity contribution in [3.8, 4) is 5.75 Å². The van der Waals surface area contributed by atoms with Crippen molar-refractivity contribution in [2.24, 2.45) is 0 Å². The quantitative estimate of drug-likeness (QED) is 0.886. The summed E-state index contributed by atoms with van der Waals surface area (Å²) in [6, 6.07) is 3.85. The summed E-state index contributed by atoms with van der Waals surface area (Å²) in [6.45, 7) is 2.58. The molecule has 1 aliphatic rings.